The van der Waals surface area contributed by atoms with Crippen molar-refractivity contribution in [2.24, 2.45) is 0 Å². The Kier molecular flexibility index (Phi) is 7.04. The summed E-state index contributed by atoms with van der Waals surface area (Å²) >= 11 is 0. The van der Waals surface area contributed by atoms with Gasteiger partial charge in [-0.2, -0.15) is 13.2 Å². The van der Waals surface area contributed by atoms with Gasteiger partial charge in [0.15, 0.2) is 0 Å². The van der Waals surface area contributed by atoms with Crippen molar-refractivity contribution >= 4 is 0 Å². The maximum atomic E-state index is 12.3. The van der Waals surface area contributed by atoms with Gasteiger partial charge in [-0.25, -0.2) is 0 Å². The molecule has 2 N–H and O–H groups in total. The van der Waals surface area contributed by atoms with Crippen LogP contribution in [0.5, 0.6) is 0 Å². The van der Waals surface area contributed by atoms with Gasteiger partial charge >= 0.3 is 6.18 Å². The van der Waals surface area contributed by atoms with Gasteiger partial charge in [-0.05, 0) is 13.8 Å². The molecule has 0 bridgehead atoms. The lowest BCUT2D eigenvalue weighted by Crippen LogP contribution is -2.46. The van der Waals surface area contributed by atoms with Crippen LogP contribution in [-0.4, -0.2) is 54.0 Å². The van der Waals surface area contributed by atoms with Crippen molar-refractivity contribution in [3.8, 4) is 0 Å². The molecule has 0 aromatic rings. The van der Waals surface area contributed by atoms with Gasteiger partial charge in [0.05, 0.1) is 12.6 Å². The Hall–Kier alpha value is -0.330. The molecule has 0 saturated heterocycles. The van der Waals surface area contributed by atoms with Crippen molar-refractivity contribution in [3.05, 3.63) is 0 Å². The van der Waals surface area contributed by atoms with Crippen LogP contribution >= 0.6 is 0 Å². The molecule has 0 aromatic carbocycles. The molecule has 1 unspecified atom stereocenters. The topological polar surface area (TPSA) is 35.5 Å². The van der Waals surface area contributed by atoms with E-state index in [-0.39, 0.29) is 18.6 Å². The van der Waals surface area contributed by atoms with Crippen molar-refractivity contribution in [3.63, 3.8) is 0 Å². The molecule has 0 aliphatic heterocycles. The molecule has 0 aromatic heterocycles. The first-order valence-electron chi connectivity index (χ1n) is 5.84. The summed E-state index contributed by atoms with van der Waals surface area (Å²) in [6.07, 6.45) is -5.02. The SMILES string of the molecule is CC(C)NCC(O)CN(CC(F)(F)F)C(C)C. The zero-order valence-electron chi connectivity index (χ0n) is 10.9. The number of halogens is 3. The molecule has 104 valence electrons. The maximum absolute atomic E-state index is 12.3. The number of nitrogens with one attached hydrogen (secondary N) is 1. The highest BCUT2D eigenvalue weighted by molar-refractivity contribution is 4.73. The molecular formula is C11H23F3N2O. The summed E-state index contributed by atoms with van der Waals surface area (Å²) in [5.74, 6) is 0. The largest absolute Gasteiger partial charge is 0.401 e. The Labute approximate surface area is 101 Å². The first-order valence-corrected chi connectivity index (χ1v) is 5.84. The van der Waals surface area contributed by atoms with E-state index in [4.69, 9.17) is 0 Å². The minimum absolute atomic E-state index is 0.0247. The normalized spacial score (nSPS) is 15.0. The van der Waals surface area contributed by atoms with Crippen molar-refractivity contribution in [1.29, 1.82) is 0 Å². The van der Waals surface area contributed by atoms with E-state index in [0.717, 1.165) is 0 Å². The predicted octanol–water partition coefficient (Wildman–Crippen LogP) is 1.62. The molecule has 0 amide bonds. The summed E-state index contributed by atoms with van der Waals surface area (Å²) in [5.41, 5.74) is 0. The zero-order chi connectivity index (χ0) is 13.6. The molecule has 0 heterocycles. The van der Waals surface area contributed by atoms with E-state index < -0.39 is 18.8 Å². The summed E-state index contributed by atoms with van der Waals surface area (Å²) in [4.78, 5) is 1.23. The molecular weight excluding hydrogens is 233 g/mol. The molecule has 0 aliphatic carbocycles. The van der Waals surface area contributed by atoms with Gasteiger partial charge < -0.3 is 10.4 Å². The van der Waals surface area contributed by atoms with Gasteiger partial charge in [-0.3, -0.25) is 4.90 Å². The van der Waals surface area contributed by atoms with Gasteiger partial charge in [-0.1, -0.05) is 13.8 Å². The zero-order valence-corrected chi connectivity index (χ0v) is 10.9. The monoisotopic (exact) mass is 256 g/mol. The van der Waals surface area contributed by atoms with E-state index in [2.05, 4.69) is 5.32 Å². The molecule has 0 radical (unpaired) electrons. The third-order valence-corrected chi connectivity index (χ3v) is 2.32. The molecule has 0 rings (SSSR count). The third-order valence-electron chi connectivity index (χ3n) is 2.32. The number of aliphatic hydroxyl groups excluding tert-OH is 1. The summed E-state index contributed by atoms with van der Waals surface area (Å²) in [5, 5.41) is 12.6. The van der Waals surface area contributed by atoms with E-state index in [1.165, 1.54) is 4.90 Å². The first-order chi connectivity index (χ1) is 7.61. The number of hydrogen-bond donors (Lipinski definition) is 2. The summed E-state index contributed by atoms with van der Waals surface area (Å²) in [6, 6.07) is -0.0370. The van der Waals surface area contributed by atoms with Crippen molar-refractivity contribution in [1.82, 2.24) is 10.2 Å². The predicted molar refractivity (Wildman–Crippen MR) is 61.9 cm³/mol. The average Bonchev–Trinajstić information content (AvgIpc) is 2.11. The van der Waals surface area contributed by atoms with Crippen molar-refractivity contribution in [2.45, 2.75) is 52.1 Å². The Morgan fingerprint density at radius 1 is 1.18 bits per heavy atom. The second kappa shape index (κ2) is 7.18. The average molecular weight is 256 g/mol. The van der Waals surface area contributed by atoms with E-state index in [9.17, 15) is 18.3 Å². The van der Waals surface area contributed by atoms with E-state index in [1.54, 1.807) is 13.8 Å². The maximum Gasteiger partial charge on any atom is 0.401 e. The molecule has 6 heteroatoms. The van der Waals surface area contributed by atoms with Crippen molar-refractivity contribution in [2.75, 3.05) is 19.6 Å². The number of aliphatic hydroxyl groups is 1. The fraction of sp³-hybridized carbons (Fsp3) is 1.00. The van der Waals surface area contributed by atoms with Crippen LogP contribution in [0, 0.1) is 0 Å². The van der Waals surface area contributed by atoms with Crippen LogP contribution in [0.3, 0.4) is 0 Å². The Morgan fingerprint density at radius 2 is 1.71 bits per heavy atom. The number of alkyl halides is 3. The van der Waals surface area contributed by atoms with Gasteiger partial charge in [-0.15, -0.1) is 0 Å². The van der Waals surface area contributed by atoms with Crippen LogP contribution in [0.4, 0.5) is 13.2 Å². The fourth-order valence-electron chi connectivity index (χ4n) is 1.40. The Bertz CT molecular complexity index is 207. The molecule has 17 heavy (non-hydrogen) atoms. The molecule has 0 fully saturated rings. The summed E-state index contributed by atoms with van der Waals surface area (Å²) in [7, 11) is 0. The molecule has 3 nitrogen and oxygen atoms in total. The lowest BCUT2D eigenvalue weighted by molar-refractivity contribution is -0.152. The van der Waals surface area contributed by atoms with Crippen LogP contribution in [0.2, 0.25) is 0 Å². The van der Waals surface area contributed by atoms with Gasteiger partial charge in [0.2, 0.25) is 0 Å². The number of hydrogen-bond acceptors (Lipinski definition) is 3. The first kappa shape index (κ1) is 16.7. The van der Waals surface area contributed by atoms with Crippen LogP contribution in [0.15, 0.2) is 0 Å². The Morgan fingerprint density at radius 3 is 2.06 bits per heavy atom. The molecule has 0 spiro atoms. The minimum Gasteiger partial charge on any atom is -0.390 e. The third kappa shape index (κ3) is 9.38. The minimum atomic E-state index is -4.23. The molecule has 0 aliphatic rings. The highest BCUT2D eigenvalue weighted by Gasteiger charge is 2.32. The smallest absolute Gasteiger partial charge is 0.390 e. The highest BCUT2D eigenvalue weighted by Crippen LogP contribution is 2.18. The van der Waals surface area contributed by atoms with Crippen LogP contribution in [0.1, 0.15) is 27.7 Å². The Balaban J connectivity index is 4.16. The fourth-order valence-corrected chi connectivity index (χ4v) is 1.40. The van der Waals surface area contributed by atoms with E-state index >= 15 is 0 Å². The standard InChI is InChI=1S/C11H23F3N2O/c1-8(2)15-5-10(17)6-16(9(3)4)7-11(12,13)14/h8-10,15,17H,5-7H2,1-4H3. The van der Waals surface area contributed by atoms with Gasteiger partial charge in [0.25, 0.3) is 0 Å². The van der Waals surface area contributed by atoms with Crippen molar-refractivity contribution < 1.29 is 18.3 Å². The van der Waals surface area contributed by atoms with Gasteiger partial charge in [0.1, 0.15) is 0 Å². The summed E-state index contributed by atoms with van der Waals surface area (Å²) < 4.78 is 36.9. The van der Waals surface area contributed by atoms with E-state index in [1.807, 2.05) is 13.8 Å². The molecule has 1 atom stereocenters. The lowest BCUT2D eigenvalue weighted by atomic mass is 10.2. The molecule has 0 saturated carbocycles. The summed E-state index contributed by atoms with van der Waals surface area (Å²) in [6.45, 7) is 6.56. The van der Waals surface area contributed by atoms with E-state index in [0.29, 0.717) is 6.54 Å². The van der Waals surface area contributed by atoms with Gasteiger partial charge in [0, 0.05) is 25.2 Å². The number of nitrogens with zero attached hydrogens (tertiary/aromatic N) is 1. The second-order valence-corrected chi connectivity index (χ2v) is 4.86. The van der Waals surface area contributed by atoms with Crippen LogP contribution in [-0.2, 0) is 0 Å². The lowest BCUT2D eigenvalue weighted by Gasteiger charge is -2.29. The quantitative estimate of drug-likeness (QED) is 0.726. The van der Waals surface area contributed by atoms with Crippen LogP contribution in [0.25, 0.3) is 0 Å². The number of rotatable bonds is 7. The highest BCUT2D eigenvalue weighted by atomic mass is 19.4. The second-order valence-electron chi connectivity index (χ2n) is 4.86. The van der Waals surface area contributed by atoms with Crippen LogP contribution < -0.4 is 5.32 Å².